The second-order valence-electron chi connectivity index (χ2n) is 7.76. The van der Waals surface area contributed by atoms with Crippen molar-refractivity contribution in [3.05, 3.63) is 60.4 Å². The number of nitrogens with one attached hydrogen (secondary N) is 1. The van der Waals surface area contributed by atoms with Crippen molar-refractivity contribution < 1.29 is 4.79 Å². The van der Waals surface area contributed by atoms with Crippen LogP contribution >= 0.6 is 0 Å². The average molecular weight is 406 g/mol. The van der Waals surface area contributed by atoms with Gasteiger partial charge in [-0.3, -0.25) is 9.58 Å². The molecule has 30 heavy (non-hydrogen) atoms. The number of rotatable bonds is 5. The fourth-order valence-electron chi connectivity index (χ4n) is 3.84. The van der Waals surface area contributed by atoms with Crippen LogP contribution in [-0.4, -0.2) is 38.1 Å². The molecule has 156 valence electrons. The van der Waals surface area contributed by atoms with Crippen LogP contribution in [0, 0.1) is 0 Å². The van der Waals surface area contributed by atoms with Crippen LogP contribution in [0.4, 0.5) is 10.6 Å². The second-order valence-corrected chi connectivity index (χ2v) is 7.76. The summed E-state index contributed by atoms with van der Waals surface area (Å²) in [5.74, 6) is 0.550. The van der Waals surface area contributed by atoms with Crippen LogP contribution in [0.1, 0.15) is 31.2 Å². The Labute approximate surface area is 176 Å². The van der Waals surface area contributed by atoms with E-state index in [0.717, 1.165) is 42.5 Å². The largest absolute Gasteiger partial charge is 0.334 e. The molecule has 2 heterocycles. The van der Waals surface area contributed by atoms with Crippen LogP contribution in [0.2, 0.25) is 0 Å². The monoisotopic (exact) mass is 405 g/mol. The van der Waals surface area contributed by atoms with Gasteiger partial charge in [0.05, 0.1) is 11.9 Å². The van der Waals surface area contributed by atoms with Gasteiger partial charge in [-0.15, -0.1) is 10.2 Å². The molecule has 2 amide bonds. The lowest BCUT2D eigenvalue weighted by atomic mass is 9.91. The summed E-state index contributed by atoms with van der Waals surface area (Å²) >= 11 is 0. The molecule has 3 aromatic rings. The first-order chi connectivity index (χ1) is 14.6. The molecule has 8 heteroatoms. The topological polar surface area (TPSA) is 102 Å². The van der Waals surface area contributed by atoms with E-state index >= 15 is 0 Å². The predicted molar refractivity (Wildman–Crippen MR) is 116 cm³/mol. The highest BCUT2D eigenvalue weighted by Gasteiger charge is 2.30. The summed E-state index contributed by atoms with van der Waals surface area (Å²) in [7, 11) is 1.86. The molecule has 0 spiro atoms. The summed E-state index contributed by atoms with van der Waals surface area (Å²) in [6.45, 7) is 0.462. The van der Waals surface area contributed by atoms with Crippen LogP contribution in [0.3, 0.4) is 0 Å². The van der Waals surface area contributed by atoms with Gasteiger partial charge in [-0.1, -0.05) is 30.3 Å². The Morgan fingerprint density at radius 3 is 2.53 bits per heavy atom. The van der Waals surface area contributed by atoms with Gasteiger partial charge in [-0.25, -0.2) is 4.79 Å². The zero-order valence-corrected chi connectivity index (χ0v) is 17.1. The first-order valence-corrected chi connectivity index (χ1v) is 10.3. The predicted octanol–water partition coefficient (Wildman–Crippen LogP) is 2.86. The van der Waals surface area contributed by atoms with E-state index in [1.165, 1.54) is 0 Å². The summed E-state index contributed by atoms with van der Waals surface area (Å²) in [6.07, 6.45) is 7.13. The number of amides is 2. The molecule has 2 aromatic heterocycles. The Balaban J connectivity index is 1.54. The quantitative estimate of drug-likeness (QED) is 0.680. The van der Waals surface area contributed by atoms with Crippen molar-refractivity contribution in [2.75, 3.05) is 4.90 Å². The molecule has 0 unspecified atom stereocenters. The van der Waals surface area contributed by atoms with E-state index in [4.69, 9.17) is 5.73 Å². The number of hydrogen-bond donors (Lipinski definition) is 2. The maximum atomic E-state index is 13.2. The van der Waals surface area contributed by atoms with E-state index < -0.39 is 0 Å². The van der Waals surface area contributed by atoms with Crippen molar-refractivity contribution >= 4 is 11.8 Å². The Bertz CT molecular complexity index is 963. The van der Waals surface area contributed by atoms with Gasteiger partial charge in [0.15, 0.2) is 5.82 Å². The number of carbonyl (C=O) groups is 1. The van der Waals surface area contributed by atoms with Crippen LogP contribution in [-0.2, 0) is 13.6 Å². The Morgan fingerprint density at radius 1 is 1.13 bits per heavy atom. The number of carbonyl (C=O) groups excluding carboxylic acids is 1. The van der Waals surface area contributed by atoms with Gasteiger partial charge in [-0.2, -0.15) is 5.10 Å². The number of hydrogen-bond acceptors (Lipinski definition) is 5. The number of nitrogens with zero attached hydrogens (tertiary/aromatic N) is 5. The first kappa shape index (κ1) is 20.0. The van der Waals surface area contributed by atoms with Crippen LogP contribution < -0.4 is 16.0 Å². The molecule has 1 aliphatic rings. The van der Waals surface area contributed by atoms with E-state index in [-0.39, 0.29) is 18.1 Å². The van der Waals surface area contributed by atoms with Gasteiger partial charge in [0.1, 0.15) is 0 Å². The molecule has 8 nitrogen and oxygen atoms in total. The van der Waals surface area contributed by atoms with Crippen molar-refractivity contribution in [1.29, 1.82) is 0 Å². The lowest BCUT2D eigenvalue weighted by molar-refractivity contribution is 0.239. The van der Waals surface area contributed by atoms with Gasteiger partial charge >= 0.3 is 6.03 Å². The van der Waals surface area contributed by atoms with Crippen molar-refractivity contribution in [2.24, 2.45) is 12.8 Å². The summed E-state index contributed by atoms with van der Waals surface area (Å²) in [5.41, 5.74) is 8.74. The Morgan fingerprint density at radius 2 is 1.90 bits per heavy atom. The SMILES string of the molecule is Cn1cc(-c2ccc(N(C(=O)NCc3ccccc3)C3CCC(N)CC3)nn2)cn1. The van der Waals surface area contributed by atoms with Gasteiger partial charge in [0.25, 0.3) is 0 Å². The lowest BCUT2D eigenvalue weighted by Gasteiger charge is -2.35. The molecule has 3 N–H and O–H groups in total. The molecule has 4 rings (SSSR count). The number of urea groups is 1. The second kappa shape index (κ2) is 9.04. The summed E-state index contributed by atoms with van der Waals surface area (Å²) in [5, 5.41) is 15.9. The molecule has 1 aromatic carbocycles. The summed E-state index contributed by atoms with van der Waals surface area (Å²) < 4.78 is 1.72. The van der Waals surface area contributed by atoms with Gasteiger partial charge < -0.3 is 11.1 Å². The minimum absolute atomic E-state index is 0.0547. The molecule has 0 radical (unpaired) electrons. The number of anilines is 1. The highest BCUT2D eigenvalue weighted by molar-refractivity contribution is 5.91. The molecule has 0 aliphatic heterocycles. The molecule has 1 aliphatic carbocycles. The van der Waals surface area contributed by atoms with Crippen molar-refractivity contribution in [3.63, 3.8) is 0 Å². The number of aryl methyl sites for hydroxylation is 1. The van der Waals surface area contributed by atoms with E-state index in [1.54, 1.807) is 15.8 Å². The maximum absolute atomic E-state index is 13.2. The minimum Gasteiger partial charge on any atom is -0.334 e. The third-order valence-corrected chi connectivity index (χ3v) is 5.51. The van der Waals surface area contributed by atoms with E-state index in [1.807, 2.05) is 55.7 Å². The highest BCUT2D eigenvalue weighted by atomic mass is 16.2. The summed E-state index contributed by atoms with van der Waals surface area (Å²) in [4.78, 5) is 14.9. The third kappa shape index (κ3) is 4.65. The van der Waals surface area contributed by atoms with Crippen LogP contribution in [0.15, 0.2) is 54.9 Å². The van der Waals surface area contributed by atoms with E-state index in [2.05, 4.69) is 20.6 Å². The summed E-state index contributed by atoms with van der Waals surface area (Å²) in [6, 6.07) is 13.7. The van der Waals surface area contributed by atoms with E-state index in [9.17, 15) is 4.79 Å². The average Bonchev–Trinajstić information content (AvgIpc) is 3.21. The molecule has 0 atom stereocenters. The fraction of sp³-hybridized carbons (Fsp3) is 0.364. The van der Waals surface area contributed by atoms with Crippen molar-refractivity contribution in [2.45, 2.75) is 44.3 Å². The van der Waals surface area contributed by atoms with Crippen LogP contribution in [0.25, 0.3) is 11.3 Å². The minimum atomic E-state index is -0.164. The zero-order chi connectivity index (χ0) is 20.9. The molecule has 1 saturated carbocycles. The van der Waals surface area contributed by atoms with Crippen molar-refractivity contribution in [1.82, 2.24) is 25.3 Å². The van der Waals surface area contributed by atoms with Crippen LogP contribution in [0.5, 0.6) is 0 Å². The first-order valence-electron chi connectivity index (χ1n) is 10.3. The molecule has 1 fully saturated rings. The zero-order valence-electron chi connectivity index (χ0n) is 17.1. The number of nitrogens with two attached hydrogens (primary N) is 1. The molecular weight excluding hydrogens is 378 g/mol. The number of aromatic nitrogens is 4. The molecule has 0 bridgehead atoms. The normalized spacial score (nSPS) is 18.7. The standard InChI is InChI=1S/C22H27N7O/c1-28-15-17(14-25-28)20-11-12-21(27-26-20)29(19-9-7-18(23)8-10-19)22(30)24-13-16-5-3-2-4-6-16/h2-6,11-12,14-15,18-19H,7-10,13,23H2,1H3,(H,24,30). The van der Waals surface area contributed by atoms with Gasteiger partial charge in [-0.05, 0) is 43.4 Å². The van der Waals surface area contributed by atoms with Gasteiger partial charge in [0, 0.05) is 37.4 Å². The van der Waals surface area contributed by atoms with E-state index in [0.29, 0.717) is 12.4 Å². The molecular formula is C22H27N7O. The molecule has 0 saturated heterocycles. The Kier molecular flexibility index (Phi) is 6.04. The lowest BCUT2D eigenvalue weighted by Crippen LogP contribution is -2.49. The highest BCUT2D eigenvalue weighted by Crippen LogP contribution is 2.27. The smallest absolute Gasteiger partial charge is 0.323 e. The fourth-order valence-corrected chi connectivity index (χ4v) is 3.84. The number of benzene rings is 1. The van der Waals surface area contributed by atoms with Crippen molar-refractivity contribution in [3.8, 4) is 11.3 Å². The maximum Gasteiger partial charge on any atom is 0.323 e. The Hall–Kier alpha value is -3.26. The van der Waals surface area contributed by atoms with Gasteiger partial charge in [0.2, 0.25) is 0 Å². The third-order valence-electron chi connectivity index (χ3n) is 5.51.